The molecule has 94 valence electrons. The summed E-state index contributed by atoms with van der Waals surface area (Å²) in [6.07, 6.45) is 4.34. The highest BCUT2D eigenvalue weighted by molar-refractivity contribution is 5.20. The van der Waals surface area contributed by atoms with Gasteiger partial charge < -0.3 is 9.84 Å². The van der Waals surface area contributed by atoms with Crippen LogP contribution in [0, 0.1) is 5.92 Å². The van der Waals surface area contributed by atoms with Gasteiger partial charge in [0.15, 0.2) is 0 Å². The fourth-order valence-corrected chi connectivity index (χ4v) is 2.42. The van der Waals surface area contributed by atoms with E-state index in [9.17, 15) is 5.11 Å². The maximum atomic E-state index is 10.1. The smallest absolute Gasteiger partial charge is 0.0900 e. The van der Waals surface area contributed by atoms with Crippen LogP contribution in [-0.2, 0) is 4.74 Å². The summed E-state index contributed by atoms with van der Waals surface area (Å²) < 4.78 is 5.60. The molecule has 1 heterocycles. The molecule has 1 fully saturated rings. The first-order valence-electron chi connectivity index (χ1n) is 6.67. The van der Waals surface area contributed by atoms with Gasteiger partial charge >= 0.3 is 0 Å². The van der Waals surface area contributed by atoms with Gasteiger partial charge in [0.2, 0.25) is 0 Å². The molecule has 0 saturated carbocycles. The van der Waals surface area contributed by atoms with Gasteiger partial charge in [-0.1, -0.05) is 56.5 Å². The summed E-state index contributed by atoms with van der Waals surface area (Å²) in [5.41, 5.74) is 1.19. The Labute approximate surface area is 104 Å². The van der Waals surface area contributed by atoms with Gasteiger partial charge in [-0.15, -0.1) is 0 Å². The van der Waals surface area contributed by atoms with E-state index in [1.807, 2.05) is 18.2 Å². The number of aliphatic hydroxyl groups excluding tert-OH is 1. The summed E-state index contributed by atoms with van der Waals surface area (Å²) in [6.45, 7) is 2.89. The molecule has 0 spiro atoms. The fourth-order valence-electron chi connectivity index (χ4n) is 2.42. The van der Waals surface area contributed by atoms with Crippen LogP contribution in [0.15, 0.2) is 30.3 Å². The SMILES string of the molecule is CCCCC[C@@H](O)[C@H]1CO[C@@H]1c1ccccc1. The Morgan fingerprint density at radius 2 is 2.06 bits per heavy atom. The van der Waals surface area contributed by atoms with Crippen LogP contribution in [0.2, 0.25) is 0 Å². The van der Waals surface area contributed by atoms with Gasteiger partial charge in [0.25, 0.3) is 0 Å². The van der Waals surface area contributed by atoms with E-state index in [0.29, 0.717) is 6.61 Å². The molecular formula is C15H22O2. The lowest BCUT2D eigenvalue weighted by atomic mass is 9.85. The third kappa shape index (κ3) is 3.08. The fraction of sp³-hybridized carbons (Fsp3) is 0.600. The summed E-state index contributed by atoms with van der Waals surface area (Å²) >= 11 is 0. The summed E-state index contributed by atoms with van der Waals surface area (Å²) in [5.74, 6) is 0.286. The van der Waals surface area contributed by atoms with E-state index >= 15 is 0 Å². The van der Waals surface area contributed by atoms with E-state index in [2.05, 4.69) is 19.1 Å². The standard InChI is InChI=1S/C15H22O2/c1-2-3-5-10-14(16)13-11-17-15(13)12-8-6-4-7-9-12/h4,6-9,13-16H,2-3,5,10-11H2,1H3/t13-,14-,15-/m1/s1. The highest BCUT2D eigenvalue weighted by atomic mass is 16.5. The maximum Gasteiger partial charge on any atom is 0.0900 e. The van der Waals surface area contributed by atoms with Crippen LogP contribution >= 0.6 is 0 Å². The molecule has 1 aliphatic rings. The zero-order chi connectivity index (χ0) is 12.1. The average Bonchev–Trinajstić information content (AvgIpc) is 2.29. The Morgan fingerprint density at radius 3 is 2.65 bits per heavy atom. The molecule has 0 aromatic heterocycles. The Balaban J connectivity index is 1.86. The number of ether oxygens (including phenoxy) is 1. The van der Waals surface area contributed by atoms with Crippen LogP contribution in [0.3, 0.4) is 0 Å². The minimum absolute atomic E-state index is 0.104. The minimum atomic E-state index is -0.208. The molecule has 1 N–H and O–H groups in total. The van der Waals surface area contributed by atoms with Crippen molar-refractivity contribution in [1.29, 1.82) is 0 Å². The normalized spacial score (nSPS) is 25.3. The lowest BCUT2D eigenvalue weighted by molar-refractivity contribution is -0.162. The first-order valence-corrected chi connectivity index (χ1v) is 6.67. The molecule has 0 bridgehead atoms. The molecule has 0 amide bonds. The molecule has 0 radical (unpaired) electrons. The molecule has 2 heteroatoms. The first-order chi connectivity index (χ1) is 8.33. The zero-order valence-corrected chi connectivity index (χ0v) is 10.5. The van der Waals surface area contributed by atoms with E-state index in [1.54, 1.807) is 0 Å². The third-order valence-corrected chi connectivity index (χ3v) is 3.58. The summed E-state index contributed by atoms with van der Waals surface area (Å²) in [7, 11) is 0. The van der Waals surface area contributed by atoms with Crippen molar-refractivity contribution in [1.82, 2.24) is 0 Å². The maximum absolute atomic E-state index is 10.1. The van der Waals surface area contributed by atoms with Gasteiger partial charge in [-0.05, 0) is 12.0 Å². The van der Waals surface area contributed by atoms with Crippen LogP contribution < -0.4 is 0 Å². The van der Waals surface area contributed by atoms with Crippen molar-refractivity contribution in [2.45, 2.75) is 44.8 Å². The van der Waals surface area contributed by atoms with Crippen LogP contribution in [-0.4, -0.2) is 17.8 Å². The van der Waals surface area contributed by atoms with Crippen molar-refractivity contribution in [3.8, 4) is 0 Å². The van der Waals surface area contributed by atoms with E-state index in [-0.39, 0.29) is 18.1 Å². The third-order valence-electron chi connectivity index (χ3n) is 3.58. The first kappa shape index (κ1) is 12.6. The Bertz CT molecular complexity index is 323. The van der Waals surface area contributed by atoms with Crippen LogP contribution in [0.25, 0.3) is 0 Å². The highest BCUT2D eigenvalue weighted by Crippen LogP contribution is 2.38. The minimum Gasteiger partial charge on any atom is -0.393 e. The predicted molar refractivity (Wildman–Crippen MR) is 68.8 cm³/mol. The van der Waals surface area contributed by atoms with Crippen molar-refractivity contribution in [3.05, 3.63) is 35.9 Å². The van der Waals surface area contributed by atoms with Crippen molar-refractivity contribution < 1.29 is 9.84 Å². The molecule has 17 heavy (non-hydrogen) atoms. The van der Waals surface area contributed by atoms with Gasteiger partial charge in [0, 0.05) is 5.92 Å². The highest BCUT2D eigenvalue weighted by Gasteiger charge is 2.38. The molecular weight excluding hydrogens is 212 g/mol. The Morgan fingerprint density at radius 1 is 1.29 bits per heavy atom. The zero-order valence-electron chi connectivity index (χ0n) is 10.5. The van der Waals surface area contributed by atoms with Crippen molar-refractivity contribution >= 4 is 0 Å². The van der Waals surface area contributed by atoms with Crippen LogP contribution in [0.4, 0.5) is 0 Å². The molecule has 2 rings (SSSR count). The lowest BCUT2D eigenvalue weighted by Gasteiger charge is -2.40. The number of unbranched alkanes of at least 4 members (excludes halogenated alkanes) is 2. The van der Waals surface area contributed by atoms with Crippen molar-refractivity contribution in [2.24, 2.45) is 5.92 Å². The van der Waals surface area contributed by atoms with Crippen molar-refractivity contribution in [2.75, 3.05) is 6.61 Å². The number of hydrogen-bond acceptors (Lipinski definition) is 2. The van der Waals surface area contributed by atoms with Crippen LogP contribution in [0.5, 0.6) is 0 Å². The van der Waals surface area contributed by atoms with Gasteiger partial charge in [0.05, 0.1) is 18.8 Å². The molecule has 1 aromatic rings. The van der Waals surface area contributed by atoms with Crippen molar-refractivity contribution in [3.63, 3.8) is 0 Å². The van der Waals surface area contributed by atoms with E-state index in [1.165, 1.54) is 18.4 Å². The van der Waals surface area contributed by atoms with Gasteiger partial charge in [-0.25, -0.2) is 0 Å². The number of aliphatic hydroxyl groups is 1. The summed E-state index contributed by atoms with van der Waals surface area (Å²) in [6, 6.07) is 10.2. The molecule has 0 aliphatic carbocycles. The number of benzene rings is 1. The number of rotatable bonds is 6. The Hall–Kier alpha value is -0.860. The second-order valence-electron chi connectivity index (χ2n) is 4.89. The topological polar surface area (TPSA) is 29.5 Å². The van der Waals surface area contributed by atoms with Gasteiger partial charge in [-0.3, -0.25) is 0 Å². The number of hydrogen-bond donors (Lipinski definition) is 1. The molecule has 0 unspecified atom stereocenters. The van der Waals surface area contributed by atoms with Gasteiger partial charge in [-0.2, -0.15) is 0 Å². The molecule has 3 atom stereocenters. The van der Waals surface area contributed by atoms with E-state index in [4.69, 9.17) is 4.74 Å². The summed E-state index contributed by atoms with van der Waals surface area (Å²) in [4.78, 5) is 0. The second kappa shape index (κ2) is 6.18. The van der Waals surface area contributed by atoms with Gasteiger partial charge in [0.1, 0.15) is 0 Å². The summed E-state index contributed by atoms with van der Waals surface area (Å²) in [5, 5.41) is 10.1. The van der Waals surface area contributed by atoms with Crippen LogP contribution in [0.1, 0.15) is 44.3 Å². The van der Waals surface area contributed by atoms with E-state index < -0.39 is 0 Å². The molecule has 1 saturated heterocycles. The Kier molecular flexibility index (Phi) is 4.57. The predicted octanol–water partition coefficient (Wildman–Crippen LogP) is 3.32. The van der Waals surface area contributed by atoms with E-state index in [0.717, 1.165) is 12.8 Å². The second-order valence-corrected chi connectivity index (χ2v) is 4.89. The average molecular weight is 234 g/mol. The largest absolute Gasteiger partial charge is 0.393 e. The molecule has 1 aliphatic heterocycles. The molecule has 2 nitrogen and oxygen atoms in total. The lowest BCUT2D eigenvalue weighted by Crippen LogP contribution is -2.40. The monoisotopic (exact) mass is 234 g/mol. The quantitative estimate of drug-likeness (QED) is 0.765. The molecule has 1 aromatic carbocycles.